The van der Waals surface area contributed by atoms with Gasteiger partial charge in [-0.05, 0) is 35.7 Å². The van der Waals surface area contributed by atoms with E-state index in [-0.39, 0.29) is 6.03 Å². The first-order valence-electron chi connectivity index (χ1n) is 9.62. The standard InChI is InChI=1S/C24H23N3OS/c1-16-8-3-5-12-20(16)23-27-17(2)22(29-23)15-26-24(28)25-14-19-11-7-10-18-9-4-6-13-21(18)19/h3-13H,14-15H2,1-2H3,(H2,25,26,28). The van der Waals surface area contributed by atoms with Gasteiger partial charge in [-0.25, -0.2) is 9.78 Å². The molecule has 4 nitrogen and oxygen atoms in total. The van der Waals surface area contributed by atoms with Crippen LogP contribution in [0.1, 0.15) is 21.7 Å². The molecule has 4 rings (SSSR count). The number of aryl methyl sites for hydroxylation is 2. The molecule has 3 aromatic carbocycles. The molecule has 0 saturated carbocycles. The van der Waals surface area contributed by atoms with Crippen LogP contribution in [-0.2, 0) is 13.1 Å². The molecule has 1 aromatic heterocycles. The predicted octanol–water partition coefficient (Wildman–Crippen LogP) is 5.58. The van der Waals surface area contributed by atoms with Gasteiger partial charge in [-0.15, -0.1) is 11.3 Å². The summed E-state index contributed by atoms with van der Waals surface area (Å²) in [6.45, 7) is 5.04. The maximum Gasteiger partial charge on any atom is 0.315 e. The summed E-state index contributed by atoms with van der Waals surface area (Å²) >= 11 is 1.63. The van der Waals surface area contributed by atoms with E-state index in [2.05, 4.69) is 47.9 Å². The molecule has 29 heavy (non-hydrogen) atoms. The Morgan fingerprint density at radius 1 is 0.897 bits per heavy atom. The summed E-state index contributed by atoms with van der Waals surface area (Å²) < 4.78 is 0. The van der Waals surface area contributed by atoms with Crippen molar-refractivity contribution in [3.63, 3.8) is 0 Å². The van der Waals surface area contributed by atoms with Gasteiger partial charge >= 0.3 is 6.03 Å². The Balaban J connectivity index is 1.38. The zero-order valence-electron chi connectivity index (χ0n) is 16.5. The summed E-state index contributed by atoms with van der Waals surface area (Å²) in [5.74, 6) is 0. The second-order valence-electron chi connectivity index (χ2n) is 7.02. The third kappa shape index (κ3) is 4.30. The number of rotatable bonds is 5. The fourth-order valence-corrected chi connectivity index (χ4v) is 4.46. The predicted molar refractivity (Wildman–Crippen MR) is 120 cm³/mol. The Labute approximate surface area is 174 Å². The molecule has 146 valence electrons. The molecule has 0 unspecified atom stereocenters. The van der Waals surface area contributed by atoms with Crippen molar-refractivity contribution >= 4 is 28.1 Å². The lowest BCUT2D eigenvalue weighted by atomic mass is 10.0. The van der Waals surface area contributed by atoms with Crippen LogP contribution in [0.25, 0.3) is 21.3 Å². The number of benzene rings is 3. The quantitative estimate of drug-likeness (QED) is 0.459. The van der Waals surface area contributed by atoms with Gasteiger partial charge < -0.3 is 10.6 Å². The molecular formula is C24H23N3OS. The second kappa shape index (κ2) is 8.45. The topological polar surface area (TPSA) is 54.0 Å². The van der Waals surface area contributed by atoms with Crippen LogP contribution in [0.15, 0.2) is 66.7 Å². The lowest BCUT2D eigenvalue weighted by Gasteiger charge is -2.09. The maximum atomic E-state index is 12.3. The number of fused-ring (bicyclic) bond motifs is 1. The number of carbonyl (C=O) groups is 1. The number of aromatic nitrogens is 1. The number of carbonyl (C=O) groups excluding carboxylic acids is 1. The van der Waals surface area contributed by atoms with E-state index in [0.29, 0.717) is 13.1 Å². The number of thiazole rings is 1. The van der Waals surface area contributed by atoms with Crippen molar-refractivity contribution in [1.29, 1.82) is 0 Å². The number of hydrogen-bond donors (Lipinski definition) is 2. The van der Waals surface area contributed by atoms with E-state index in [1.807, 2.05) is 43.3 Å². The molecule has 2 amide bonds. The summed E-state index contributed by atoms with van der Waals surface area (Å²) in [7, 11) is 0. The average Bonchev–Trinajstić information content (AvgIpc) is 3.11. The van der Waals surface area contributed by atoms with Crippen LogP contribution in [0.5, 0.6) is 0 Å². The highest BCUT2D eigenvalue weighted by molar-refractivity contribution is 7.15. The molecule has 0 radical (unpaired) electrons. The van der Waals surface area contributed by atoms with Crippen LogP contribution >= 0.6 is 11.3 Å². The molecule has 0 aliphatic carbocycles. The van der Waals surface area contributed by atoms with Gasteiger partial charge in [-0.1, -0.05) is 66.7 Å². The largest absolute Gasteiger partial charge is 0.334 e. The molecule has 2 N–H and O–H groups in total. The minimum absolute atomic E-state index is 0.178. The Kier molecular flexibility index (Phi) is 5.58. The number of amides is 2. The van der Waals surface area contributed by atoms with Crippen molar-refractivity contribution in [2.75, 3.05) is 0 Å². The first-order valence-corrected chi connectivity index (χ1v) is 10.4. The van der Waals surface area contributed by atoms with E-state index < -0.39 is 0 Å². The summed E-state index contributed by atoms with van der Waals surface area (Å²) in [6.07, 6.45) is 0. The first kappa shape index (κ1) is 19.2. The average molecular weight is 402 g/mol. The van der Waals surface area contributed by atoms with E-state index in [9.17, 15) is 4.79 Å². The minimum Gasteiger partial charge on any atom is -0.334 e. The van der Waals surface area contributed by atoms with Crippen LogP contribution in [0.3, 0.4) is 0 Å². The molecule has 0 spiro atoms. The normalized spacial score (nSPS) is 10.8. The molecule has 0 saturated heterocycles. The molecule has 0 bridgehead atoms. The molecule has 0 aliphatic rings. The smallest absolute Gasteiger partial charge is 0.315 e. The molecule has 0 atom stereocenters. The highest BCUT2D eigenvalue weighted by Gasteiger charge is 2.12. The minimum atomic E-state index is -0.178. The summed E-state index contributed by atoms with van der Waals surface area (Å²) in [5.41, 5.74) is 4.41. The number of hydrogen-bond acceptors (Lipinski definition) is 3. The Morgan fingerprint density at radius 3 is 2.48 bits per heavy atom. The van der Waals surface area contributed by atoms with Gasteiger partial charge in [-0.3, -0.25) is 0 Å². The number of nitrogens with zero attached hydrogens (tertiary/aromatic N) is 1. The van der Waals surface area contributed by atoms with E-state index in [0.717, 1.165) is 32.1 Å². The first-order chi connectivity index (χ1) is 14.1. The SMILES string of the molecule is Cc1ccccc1-c1nc(C)c(CNC(=O)NCc2cccc3ccccc23)s1. The van der Waals surface area contributed by atoms with Crippen molar-refractivity contribution in [3.05, 3.63) is 88.4 Å². The lowest BCUT2D eigenvalue weighted by Crippen LogP contribution is -2.34. The van der Waals surface area contributed by atoms with Crippen molar-refractivity contribution in [2.45, 2.75) is 26.9 Å². The van der Waals surface area contributed by atoms with Crippen LogP contribution in [0.4, 0.5) is 4.79 Å². The Hall–Kier alpha value is -3.18. The summed E-state index contributed by atoms with van der Waals surface area (Å²) in [6, 6.07) is 22.4. The summed E-state index contributed by atoms with van der Waals surface area (Å²) in [5, 5.41) is 9.25. The van der Waals surface area contributed by atoms with Crippen molar-refractivity contribution < 1.29 is 4.79 Å². The Morgan fingerprint density at radius 2 is 1.62 bits per heavy atom. The Bertz CT molecular complexity index is 1160. The van der Waals surface area contributed by atoms with Gasteiger partial charge in [0.25, 0.3) is 0 Å². The van der Waals surface area contributed by atoms with Crippen molar-refractivity contribution in [2.24, 2.45) is 0 Å². The second-order valence-corrected chi connectivity index (χ2v) is 8.10. The fraction of sp³-hybridized carbons (Fsp3) is 0.167. The highest BCUT2D eigenvalue weighted by Crippen LogP contribution is 2.30. The van der Waals surface area contributed by atoms with Crippen LogP contribution in [0.2, 0.25) is 0 Å². The van der Waals surface area contributed by atoms with Crippen molar-refractivity contribution in [3.8, 4) is 10.6 Å². The fourth-order valence-electron chi connectivity index (χ4n) is 3.37. The number of nitrogens with one attached hydrogen (secondary N) is 2. The third-order valence-electron chi connectivity index (χ3n) is 5.00. The van der Waals surface area contributed by atoms with Gasteiger partial charge in [0.2, 0.25) is 0 Å². The maximum absolute atomic E-state index is 12.3. The van der Waals surface area contributed by atoms with Crippen LogP contribution in [0, 0.1) is 13.8 Å². The molecule has 0 aliphatic heterocycles. The van der Waals surface area contributed by atoms with E-state index in [1.54, 1.807) is 11.3 Å². The van der Waals surface area contributed by atoms with Gasteiger partial charge in [0.1, 0.15) is 5.01 Å². The van der Waals surface area contributed by atoms with Crippen LogP contribution < -0.4 is 10.6 Å². The molecule has 4 aromatic rings. The molecule has 5 heteroatoms. The van der Waals surface area contributed by atoms with E-state index >= 15 is 0 Å². The van der Waals surface area contributed by atoms with Crippen LogP contribution in [-0.4, -0.2) is 11.0 Å². The monoisotopic (exact) mass is 401 g/mol. The van der Waals surface area contributed by atoms with Gasteiger partial charge in [-0.2, -0.15) is 0 Å². The van der Waals surface area contributed by atoms with E-state index in [4.69, 9.17) is 4.98 Å². The van der Waals surface area contributed by atoms with Gasteiger partial charge in [0, 0.05) is 17.0 Å². The molecular weight excluding hydrogens is 378 g/mol. The van der Waals surface area contributed by atoms with Gasteiger partial charge in [0.15, 0.2) is 0 Å². The molecule has 1 heterocycles. The third-order valence-corrected chi connectivity index (χ3v) is 6.19. The molecule has 0 fully saturated rings. The zero-order valence-corrected chi connectivity index (χ0v) is 17.3. The number of urea groups is 1. The summed E-state index contributed by atoms with van der Waals surface area (Å²) in [4.78, 5) is 18.1. The van der Waals surface area contributed by atoms with Gasteiger partial charge in [0.05, 0.1) is 12.2 Å². The zero-order chi connectivity index (χ0) is 20.2. The van der Waals surface area contributed by atoms with Crippen molar-refractivity contribution in [1.82, 2.24) is 15.6 Å². The van der Waals surface area contributed by atoms with E-state index in [1.165, 1.54) is 10.9 Å². The highest BCUT2D eigenvalue weighted by atomic mass is 32.1. The lowest BCUT2D eigenvalue weighted by molar-refractivity contribution is 0.240.